The van der Waals surface area contributed by atoms with Crippen molar-refractivity contribution < 1.29 is 18.7 Å². The van der Waals surface area contributed by atoms with Crippen molar-refractivity contribution in [1.82, 2.24) is 4.90 Å². The Hall–Kier alpha value is -2.73. The van der Waals surface area contributed by atoms with E-state index in [0.29, 0.717) is 30.9 Å². The number of benzene rings is 2. The number of hydrogen-bond acceptors (Lipinski definition) is 3. The van der Waals surface area contributed by atoms with E-state index in [2.05, 4.69) is 5.32 Å². The first-order valence-corrected chi connectivity index (χ1v) is 9.48. The molecule has 1 aliphatic heterocycles. The van der Waals surface area contributed by atoms with E-state index in [1.807, 2.05) is 13.8 Å². The summed E-state index contributed by atoms with van der Waals surface area (Å²) in [6, 6.07) is 13.1. The highest BCUT2D eigenvalue weighted by atomic mass is 19.1. The largest absolute Gasteiger partial charge is 0.375 e. The summed E-state index contributed by atoms with van der Waals surface area (Å²) in [5.41, 5.74) is 2.15. The normalized spacial score (nSPS) is 17.8. The fourth-order valence-electron chi connectivity index (χ4n) is 3.28. The van der Waals surface area contributed by atoms with Gasteiger partial charge in [-0.1, -0.05) is 19.1 Å². The van der Waals surface area contributed by atoms with E-state index < -0.39 is 0 Å². The van der Waals surface area contributed by atoms with E-state index in [-0.39, 0.29) is 36.1 Å². The van der Waals surface area contributed by atoms with Crippen molar-refractivity contribution in [2.24, 2.45) is 0 Å². The predicted octanol–water partition coefficient (Wildman–Crippen LogP) is 3.82. The number of nitrogens with one attached hydrogen (secondary N) is 1. The zero-order chi connectivity index (χ0) is 20.1. The van der Waals surface area contributed by atoms with Crippen LogP contribution in [0.5, 0.6) is 0 Å². The molecule has 1 aliphatic rings. The SMILES string of the molecule is CC1CN(C(=O)c2ccc(NC(=O)CC(C)c3ccc(F)cc3)cc2)CCO1. The van der Waals surface area contributed by atoms with Crippen molar-refractivity contribution in [2.75, 3.05) is 25.0 Å². The lowest BCUT2D eigenvalue weighted by Gasteiger charge is -2.31. The maximum absolute atomic E-state index is 13.0. The quantitative estimate of drug-likeness (QED) is 0.853. The molecule has 0 aliphatic carbocycles. The number of morpholine rings is 1. The van der Waals surface area contributed by atoms with Crippen LogP contribution in [0.15, 0.2) is 48.5 Å². The van der Waals surface area contributed by atoms with Gasteiger partial charge in [-0.2, -0.15) is 0 Å². The van der Waals surface area contributed by atoms with Crippen LogP contribution >= 0.6 is 0 Å². The highest BCUT2D eigenvalue weighted by molar-refractivity contribution is 5.96. The second-order valence-corrected chi connectivity index (χ2v) is 7.21. The smallest absolute Gasteiger partial charge is 0.254 e. The minimum atomic E-state index is -0.290. The number of ether oxygens (including phenoxy) is 1. The number of nitrogens with zero attached hydrogens (tertiary/aromatic N) is 1. The Morgan fingerprint density at radius 2 is 1.86 bits per heavy atom. The standard InChI is InChI=1S/C22H25FN2O3/c1-15(17-3-7-19(23)8-4-17)13-21(26)24-20-9-5-18(6-10-20)22(27)25-11-12-28-16(2)14-25/h3-10,15-16H,11-14H2,1-2H3,(H,24,26). The van der Waals surface area contributed by atoms with Crippen LogP contribution in [0, 0.1) is 5.82 Å². The van der Waals surface area contributed by atoms with Gasteiger partial charge in [0.25, 0.3) is 5.91 Å². The van der Waals surface area contributed by atoms with E-state index in [1.165, 1.54) is 12.1 Å². The maximum Gasteiger partial charge on any atom is 0.254 e. The van der Waals surface area contributed by atoms with Gasteiger partial charge in [-0.15, -0.1) is 0 Å². The van der Waals surface area contributed by atoms with E-state index in [4.69, 9.17) is 4.74 Å². The highest BCUT2D eigenvalue weighted by Crippen LogP contribution is 2.20. The molecule has 1 N–H and O–H groups in total. The van der Waals surface area contributed by atoms with Gasteiger partial charge in [0.05, 0.1) is 12.7 Å². The minimum Gasteiger partial charge on any atom is -0.375 e. The summed E-state index contributed by atoms with van der Waals surface area (Å²) in [6.45, 7) is 5.59. The minimum absolute atomic E-state index is 0.0234. The summed E-state index contributed by atoms with van der Waals surface area (Å²) in [4.78, 5) is 26.6. The third-order valence-electron chi connectivity index (χ3n) is 4.87. The van der Waals surface area contributed by atoms with Gasteiger partial charge in [0.1, 0.15) is 5.82 Å². The molecule has 6 heteroatoms. The monoisotopic (exact) mass is 384 g/mol. The molecule has 0 bridgehead atoms. The third kappa shape index (κ3) is 5.16. The molecule has 0 saturated carbocycles. The average molecular weight is 384 g/mol. The van der Waals surface area contributed by atoms with Crippen molar-refractivity contribution in [3.05, 3.63) is 65.5 Å². The van der Waals surface area contributed by atoms with Crippen LogP contribution < -0.4 is 5.32 Å². The van der Waals surface area contributed by atoms with Crippen molar-refractivity contribution in [1.29, 1.82) is 0 Å². The maximum atomic E-state index is 13.0. The molecular formula is C22H25FN2O3. The molecule has 5 nitrogen and oxygen atoms in total. The van der Waals surface area contributed by atoms with Gasteiger partial charge < -0.3 is 15.0 Å². The van der Waals surface area contributed by atoms with Gasteiger partial charge in [-0.25, -0.2) is 4.39 Å². The molecule has 0 radical (unpaired) electrons. The number of amides is 2. The number of anilines is 1. The molecule has 148 valence electrons. The first kappa shape index (κ1) is 20.0. The van der Waals surface area contributed by atoms with Gasteiger partial charge in [0.2, 0.25) is 5.91 Å². The lowest BCUT2D eigenvalue weighted by atomic mass is 9.97. The molecule has 0 spiro atoms. The first-order chi connectivity index (χ1) is 13.4. The average Bonchev–Trinajstić information content (AvgIpc) is 2.68. The van der Waals surface area contributed by atoms with Crippen LogP contribution in [0.3, 0.4) is 0 Å². The number of carbonyl (C=O) groups is 2. The molecule has 2 atom stereocenters. The second-order valence-electron chi connectivity index (χ2n) is 7.21. The number of hydrogen-bond donors (Lipinski definition) is 1. The Labute approximate surface area is 164 Å². The number of rotatable bonds is 5. The molecular weight excluding hydrogens is 359 g/mol. The topological polar surface area (TPSA) is 58.6 Å². The molecule has 1 heterocycles. The summed E-state index contributed by atoms with van der Waals surface area (Å²) in [7, 11) is 0. The molecule has 0 aromatic heterocycles. The lowest BCUT2D eigenvalue weighted by molar-refractivity contribution is -0.116. The summed E-state index contributed by atoms with van der Waals surface area (Å²) >= 11 is 0. The molecule has 1 saturated heterocycles. The number of carbonyl (C=O) groups excluding carboxylic acids is 2. The molecule has 2 aromatic carbocycles. The second kappa shape index (κ2) is 8.97. The van der Waals surface area contributed by atoms with E-state index in [9.17, 15) is 14.0 Å². The van der Waals surface area contributed by atoms with Gasteiger partial charge >= 0.3 is 0 Å². The van der Waals surface area contributed by atoms with Crippen molar-refractivity contribution >= 4 is 17.5 Å². The van der Waals surface area contributed by atoms with Crippen LogP contribution in [0.4, 0.5) is 10.1 Å². The Bertz CT molecular complexity index is 821. The molecule has 28 heavy (non-hydrogen) atoms. The van der Waals surface area contributed by atoms with Crippen LogP contribution in [-0.2, 0) is 9.53 Å². The zero-order valence-corrected chi connectivity index (χ0v) is 16.2. The van der Waals surface area contributed by atoms with Gasteiger partial charge in [-0.3, -0.25) is 9.59 Å². The third-order valence-corrected chi connectivity index (χ3v) is 4.87. The zero-order valence-electron chi connectivity index (χ0n) is 16.2. The molecule has 3 rings (SSSR count). The summed E-state index contributed by atoms with van der Waals surface area (Å²) < 4.78 is 18.5. The summed E-state index contributed by atoms with van der Waals surface area (Å²) in [5, 5.41) is 2.85. The van der Waals surface area contributed by atoms with E-state index in [1.54, 1.807) is 41.3 Å². The van der Waals surface area contributed by atoms with Gasteiger partial charge in [0, 0.05) is 30.8 Å². The molecule has 2 amide bonds. The van der Waals surface area contributed by atoms with E-state index >= 15 is 0 Å². The number of halogens is 1. The Kier molecular flexibility index (Phi) is 6.41. The van der Waals surface area contributed by atoms with Crippen LogP contribution in [0.2, 0.25) is 0 Å². The summed E-state index contributed by atoms with van der Waals surface area (Å²) in [6.07, 6.45) is 0.331. The highest BCUT2D eigenvalue weighted by Gasteiger charge is 2.22. The Morgan fingerprint density at radius 1 is 1.18 bits per heavy atom. The fraction of sp³-hybridized carbons (Fsp3) is 0.364. The van der Waals surface area contributed by atoms with Crippen LogP contribution in [0.25, 0.3) is 0 Å². The van der Waals surface area contributed by atoms with Crippen molar-refractivity contribution in [3.8, 4) is 0 Å². The Morgan fingerprint density at radius 3 is 2.50 bits per heavy atom. The molecule has 1 fully saturated rings. The Balaban J connectivity index is 1.55. The van der Waals surface area contributed by atoms with Crippen molar-refractivity contribution in [2.45, 2.75) is 32.3 Å². The van der Waals surface area contributed by atoms with Gasteiger partial charge in [-0.05, 0) is 54.8 Å². The predicted molar refractivity (Wildman–Crippen MR) is 106 cm³/mol. The van der Waals surface area contributed by atoms with E-state index in [0.717, 1.165) is 5.56 Å². The molecule has 2 unspecified atom stereocenters. The van der Waals surface area contributed by atoms with Crippen molar-refractivity contribution in [3.63, 3.8) is 0 Å². The summed E-state index contributed by atoms with van der Waals surface area (Å²) in [5.74, 6) is -0.470. The fourth-order valence-corrected chi connectivity index (χ4v) is 3.28. The van der Waals surface area contributed by atoms with Gasteiger partial charge in [0.15, 0.2) is 0 Å². The lowest BCUT2D eigenvalue weighted by Crippen LogP contribution is -2.44. The van der Waals surface area contributed by atoms with Crippen LogP contribution in [0.1, 0.15) is 42.1 Å². The first-order valence-electron chi connectivity index (χ1n) is 9.48. The molecule has 2 aromatic rings. The van der Waals surface area contributed by atoms with Crippen LogP contribution in [-0.4, -0.2) is 42.5 Å².